The van der Waals surface area contributed by atoms with Crippen LogP contribution in [-0.4, -0.2) is 50.1 Å². The predicted octanol–water partition coefficient (Wildman–Crippen LogP) is 4.41. The van der Waals surface area contributed by atoms with Crippen LogP contribution in [-0.2, 0) is 7.05 Å². The molecule has 1 aliphatic carbocycles. The molecule has 2 aromatic carbocycles. The number of amides is 1. The monoisotopic (exact) mass is 490 g/mol. The Kier molecular flexibility index (Phi) is 4.55. The Morgan fingerprint density at radius 3 is 2.72 bits per heavy atom. The van der Waals surface area contributed by atoms with Crippen molar-refractivity contribution in [2.24, 2.45) is 18.7 Å². The molecule has 186 valence electrons. The van der Waals surface area contributed by atoms with Gasteiger partial charge in [-0.25, -0.2) is 13.8 Å². The number of nitrogens with zero attached hydrogens (tertiary/aromatic N) is 4. The van der Waals surface area contributed by atoms with Gasteiger partial charge >= 0.3 is 0 Å². The van der Waals surface area contributed by atoms with Gasteiger partial charge in [0.05, 0.1) is 28.5 Å². The van der Waals surface area contributed by atoms with Crippen LogP contribution >= 0.6 is 0 Å². The first-order valence-corrected chi connectivity index (χ1v) is 12.7. The van der Waals surface area contributed by atoms with E-state index < -0.39 is 5.82 Å². The average molecular weight is 491 g/mol. The van der Waals surface area contributed by atoms with Gasteiger partial charge in [0.25, 0.3) is 5.91 Å². The van der Waals surface area contributed by atoms with E-state index in [2.05, 4.69) is 16.8 Å². The van der Waals surface area contributed by atoms with E-state index in [1.807, 2.05) is 11.0 Å². The second kappa shape index (κ2) is 7.52. The van der Waals surface area contributed by atoms with E-state index in [1.54, 1.807) is 23.7 Å². The zero-order valence-corrected chi connectivity index (χ0v) is 20.3. The number of imidazole rings is 1. The maximum atomic E-state index is 15.5. The molecule has 0 radical (unpaired) electrons. The van der Waals surface area contributed by atoms with Gasteiger partial charge in [-0.2, -0.15) is 0 Å². The van der Waals surface area contributed by atoms with Gasteiger partial charge in [-0.3, -0.25) is 4.79 Å². The number of nitrogens with one attached hydrogen (secondary N) is 1. The van der Waals surface area contributed by atoms with E-state index in [1.165, 1.54) is 12.1 Å². The lowest BCUT2D eigenvalue weighted by Crippen LogP contribution is -2.41. The summed E-state index contributed by atoms with van der Waals surface area (Å²) in [6.45, 7) is 3.32. The molecule has 3 aliphatic rings. The van der Waals surface area contributed by atoms with Crippen LogP contribution in [0, 0.1) is 17.6 Å². The highest BCUT2D eigenvalue weighted by Gasteiger charge is 2.47. The van der Waals surface area contributed by atoms with Crippen molar-refractivity contribution in [2.45, 2.75) is 44.3 Å². The highest BCUT2D eigenvalue weighted by atomic mass is 19.1. The van der Waals surface area contributed by atoms with Gasteiger partial charge < -0.3 is 25.1 Å². The van der Waals surface area contributed by atoms with Gasteiger partial charge in [0, 0.05) is 43.2 Å². The number of halogens is 2. The molecule has 3 N–H and O–H groups in total. The minimum Gasteiger partial charge on any atom is -0.379 e. The molecule has 1 amide bonds. The third kappa shape index (κ3) is 2.80. The van der Waals surface area contributed by atoms with Gasteiger partial charge in [-0.05, 0) is 55.5 Å². The van der Waals surface area contributed by atoms with Crippen LogP contribution in [0.4, 0.5) is 14.5 Å². The summed E-state index contributed by atoms with van der Waals surface area (Å²) < 4.78 is 34.0. The molecule has 1 saturated heterocycles. The summed E-state index contributed by atoms with van der Waals surface area (Å²) in [7, 11) is 1.78. The fraction of sp³-hybridized carbons (Fsp3) is 0.407. The summed E-state index contributed by atoms with van der Waals surface area (Å²) in [6.07, 6.45) is 2.79. The van der Waals surface area contributed by atoms with Crippen molar-refractivity contribution >= 4 is 33.5 Å². The third-order valence-electron chi connectivity index (χ3n) is 8.61. The van der Waals surface area contributed by atoms with Gasteiger partial charge in [0.15, 0.2) is 5.82 Å². The van der Waals surface area contributed by atoms with E-state index in [0.29, 0.717) is 47.1 Å². The number of likely N-dealkylation sites (tertiary alicyclic amines) is 1. The maximum absolute atomic E-state index is 15.5. The van der Waals surface area contributed by atoms with Crippen LogP contribution in [0.3, 0.4) is 0 Å². The Balaban J connectivity index is 1.37. The summed E-state index contributed by atoms with van der Waals surface area (Å²) in [5, 5.41) is 4.14. The number of carbonyl (C=O) groups is 1. The van der Waals surface area contributed by atoms with E-state index in [9.17, 15) is 9.18 Å². The predicted molar refractivity (Wildman–Crippen MR) is 135 cm³/mol. The highest BCUT2D eigenvalue weighted by Crippen LogP contribution is 2.41. The van der Waals surface area contributed by atoms with Crippen molar-refractivity contribution in [3.05, 3.63) is 47.5 Å². The minimum atomic E-state index is -0.485. The van der Waals surface area contributed by atoms with E-state index in [-0.39, 0.29) is 29.8 Å². The summed E-state index contributed by atoms with van der Waals surface area (Å²) in [4.78, 5) is 20.0. The summed E-state index contributed by atoms with van der Waals surface area (Å²) in [6, 6.07) is 8.35. The van der Waals surface area contributed by atoms with Crippen LogP contribution in [0.15, 0.2) is 30.3 Å². The summed E-state index contributed by atoms with van der Waals surface area (Å²) >= 11 is 0. The Morgan fingerprint density at radius 1 is 1.17 bits per heavy atom. The number of carbonyl (C=O) groups excluding carboxylic acids is 1. The summed E-state index contributed by atoms with van der Waals surface area (Å²) in [5.74, 6) is -0.0614. The number of fused-ring (bicyclic) bond motifs is 3. The first kappa shape index (κ1) is 21.8. The maximum Gasteiger partial charge on any atom is 0.254 e. The standard InChI is InChI=1S/C27H28F2N6O/c1-3-16-11-31-23-17(28)6-4-13-10-21(35(16)24(13)23)26-32-19-9-15(8-18(29)25(19)33(26)2)27(36)34-12-14-5-7-20(34)22(14)30/h4,6,8-10,14,16,20,22,31H,3,5,7,11-12,30H2,1-2H3/t14-,16?,20-,22-/m1/s1. The molecule has 4 heterocycles. The van der Waals surface area contributed by atoms with Crippen molar-refractivity contribution in [1.29, 1.82) is 0 Å². The van der Waals surface area contributed by atoms with Crippen LogP contribution in [0.5, 0.6) is 0 Å². The zero-order chi connectivity index (χ0) is 24.9. The molecule has 1 unspecified atom stereocenters. The first-order valence-electron chi connectivity index (χ1n) is 12.7. The molecule has 7 rings (SSSR count). The summed E-state index contributed by atoms with van der Waals surface area (Å²) in [5.41, 5.74) is 9.44. The van der Waals surface area contributed by atoms with Crippen molar-refractivity contribution in [2.75, 3.05) is 18.4 Å². The van der Waals surface area contributed by atoms with Gasteiger partial charge in [0.1, 0.15) is 17.2 Å². The average Bonchev–Trinajstić information content (AvgIpc) is 3.61. The van der Waals surface area contributed by atoms with Crippen LogP contribution in [0.25, 0.3) is 33.5 Å². The Bertz CT molecular complexity index is 1570. The molecular weight excluding hydrogens is 462 g/mol. The Morgan fingerprint density at radius 2 is 2.00 bits per heavy atom. The molecule has 2 bridgehead atoms. The third-order valence-corrected chi connectivity index (χ3v) is 8.61. The molecule has 4 atom stereocenters. The number of hydrogen-bond acceptors (Lipinski definition) is 4. The number of hydrogen-bond donors (Lipinski definition) is 2. The molecule has 7 nitrogen and oxygen atoms in total. The second-order valence-corrected chi connectivity index (χ2v) is 10.5. The van der Waals surface area contributed by atoms with E-state index >= 15 is 4.39 Å². The van der Waals surface area contributed by atoms with Crippen molar-refractivity contribution in [3.8, 4) is 11.5 Å². The molecule has 36 heavy (non-hydrogen) atoms. The van der Waals surface area contributed by atoms with Crippen molar-refractivity contribution < 1.29 is 13.6 Å². The number of aryl methyl sites for hydroxylation is 1. The van der Waals surface area contributed by atoms with Gasteiger partial charge in [0.2, 0.25) is 0 Å². The molecule has 9 heteroatoms. The molecule has 2 fully saturated rings. The Labute approximate surface area is 206 Å². The SMILES string of the molecule is CCC1CNc2c(F)ccc3cc(-c4nc5cc(C(=O)N6C[C@H]7CC[C@@H]6[C@@H]7N)cc(F)c5n4C)n1c23. The number of piperidine rings is 1. The smallest absolute Gasteiger partial charge is 0.254 e. The number of aromatic nitrogens is 3. The fourth-order valence-corrected chi connectivity index (χ4v) is 6.75. The lowest BCUT2D eigenvalue weighted by atomic mass is 10.1. The van der Waals surface area contributed by atoms with Crippen LogP contribution < -0.4 is 11.1 Å². The van der Waals surface area contributed by atoms with Crippen LogP contribution in [0.2, 0.25) is 0 Å². The molecule has 2 aromatic heterocycles. The lowest BCUT2D eigenvalue weighted by molar-refractivity contribution is 0.0700. The Hall–Kier alpha value is -3.46. The van der Waals surface area contributed by atoms with E-state index in [0.717, 1.165) is 35.9 Å². The quantitative estimate of drug-likeness (QED) is 0.446. The lowest BCUT2D eigenvalue weighted by Gasteiger charge is -2.28. The minimum absolute atomic E-state index is 0.000175. The molecule has 1 saturated carbocycles. The van der Waals surface area contributed by atoms with Crippen molar-refractivity contribution in [1.82, 2.24) is 19.0 Å². The topological polar surface area (TPSA) is 81.1 Å². The van der Waals surface area contributed by atoms with E-state index in [4.69, 9.17) is 10.7 Å². The molecule has 4 aromatic rings. The number of nitrogens with two attached hydrogens (primary N) is 1. The molecular formula is C27H28F2N6O. The van der Waals surface area contributed by atoms with Gasteiger partial charge in [-0.15, -0.1) is 0 Å². The fourth-order valence-electron chi connectivity index (χ4n) is 6.75. The number of anilines is 1. The molecule has 2 aliphatic heterocycles. The largest absolute Gasteiger partial charge is 0.379 e. The second-order valence-electron chi connectivity index (χ2n) is 10.5. The normalized spacial score (nSPS) is 24.8. The molecule has 0 spiro atoms. The van der Waals surface area contributed by atoms with Crippen molar-refractivity contribution in [3.63, 3.8) is 0 Å². The highest BCUT2D eigenvalue weighted by molar-refractivity contribution is 6.00. The number of benzene rings is 2. The number of rotatable bonds is 3. The van der Waals surface area contributed by atoms with Crippen LogP contribution in [0.1, 0.15) is 42.6 Å². The zero-order valence-electron chi connectivity index (χ0n) is 20.3. The van der Waals surface area contributed by atoms with Gasteiger partial charge in [-0.1, -0.05) is 6.92 Å². The first-order chi connectivity index (χ1) is 17.4.